The molecule has 0 aliphatic rings. The maximum atomic E-state index is 10.7. The van der Waals surface area contributed by atoms with Crippen LogP contribution in [0.25, 0.3) is 0 Å². The lowest BCUT2D eigenvalue weighted by molar-refractivity contribution is -0.384. The van der Waals surface area contributed by atoms with Crippen molar-refractivity contribution in [3.8, 4) is 5.75 Å². The van der Waals surface area contributed by atoms with E-state index in [0.717, 1.165) is 17.9 Å². The van der Waals surface area contributed by atoms with Gasteiger partial charge in [0.15, 0.2) is 0 Å². The molecule has 0 atom stereocenters. The highest BCUT2D eigenvalue weighted by atomic mass is 16.6. The number of anilines is 1. The highest BCUT2D eigenvalue weighted by Crippen LogP contribution is 2.20. The lowest BCUT2D eigenvalue weighted by Crippen LogP contribution is -2.01. The summed E-state index contributed by atoms with van der Waals surface area (Å²) in [4.78, 5) is 14.4. The van der Waals surface area contributed by atoms with Gasteiger partial charge in [-0.1, -0.05) is 6.07 Å². The fourth-order valence-electron chi connectivity index (χ4n) is 1.70. The van der Waals surface area contributed by atoms with Crippen molar-refractivity contribution in [2.45, 2.75) is 13.5 Å². The lowest BCUT2D eigenvalue weighted by Gasteiger charge is -2.08. The van der Waals surface area contributed by atoms with Crippen LogP contribution < -0.4 is 10.1 Å². The van der Waals surface area contributed by atoms with E-state index in [2.05, 4.69) is 10.3 Å². The minimum atomic E-state index is -0.442. The monoisotopic (exact) mass is 273 g/mol. The second-order valence-electron chi connectivity index (χ2n) is 4.12. The number of aromatic nitrogens is 1. The Morgan fingerprint density at radius 2 is 2.20 bits per heavy atom. The van der Waals surface area contributed by atoms with Crippen LogP contribution in [0.4, 0.5) is 11.5 Å². The van der Waals surface area contributed by atoms with Gasteiger partial charge in [-0.15, -0.1) is 0 Å². The van der Waals surface area contributed by atoms with Crippen LogP contribution in [0.15, 0.2) is 42.6 Å². The second-order valence-corrected chi connectivity index (χ2v) is 4.12. The van der Waals surface area contributed by atoms with Gasteiger partial charge in [0.05, 0.1) is 11.0 Å². The minimum Gasteiger partial charge on any atom is -0.489 e. The van der Waals surface area contributed by atoms with Crippen LogP contribution in [-0.2, 0) is 6.61 Å². The number of nitrogens with zero attached hydrogens (tertiary/aromatic N) is 2. The van der Waals surface area contributed by atoms with Gasteiger partial charge in [0.2, 0.25) is 0 Å². The Kier molecular flexibility index (Phi) is 4.49. The molecular formula is C14H15N3O3. The minimum absolute atomic E-state index is 0.0190. The molecule has 1 N–H and O–H groups in total. The van der Waals surface area contributed by atoms with Gasteiger partial charge in [-0.2, -0.15) is 0 Å². The molecule has 2 aromatic rings. The maximum absolute atomic E-state index is 10.7. The first kappa shape index (κ1) is 13.8. The van der Waals surface area contributed by atoms with Crippen molar-refractivity contribution < 1.29 is 9.66 Å². The van der Waals surface area contributed by atoms with E-state index < -0.39 is 4.92 Å². The third-order valence-corrected chi connectivity index (χ3v) is 2.62. The van der Waals surface area contributed by atoms with Gasteiger partial charge in [0.25, 0.3) is 5.69 Å². The molecule has 0 saturated carbocycles. The number of hydrogen-bond donors (Lipinski definition) is 1. The molecular weight excluding hydrogens is 258 g/mol. The molecule has 2 rings (SSSR count). The van der Waals surface area contributed by atoms with Gasteiger partial charge in [-0.05, 0) is 30.7 Å². The predicted molar refractivity (Wildman–Crippen MR) is 75.8 cm³/mol. The smallest absolute Gasteiger partial charge is 0.273 e. The van der Waals surface area contributed by atoms with E-state index in [1.54, 1.807) is 18.3 Å². The van der Waals surface area contributed by atoms with Crippen molar-refractivity contribution in [2.75, 3.05) is 11.9 Å². The number of pyridine rings is 1. The Labute approximate surface area is 116 Å². The van der Waals surface area contributed by atoms with Gasteiger partial charge in [-0.25, -0.2) is 4.98 Å². The third kappa shape index (κ3) is 3.68. The summed E-state index contributed by atoms with van der Waals surface area (Å²) in [5, 5.41) is 13.8. The summed E-state index contributed by atoms with van der Waals surface area (Å²) in [5.74, 6) is 1.26. The number of nitro benzene ring substituents is 1. The molecule has 6 heteroatoms. The topological polar surface area (TPSA) is 77.3 Å². The largest absolute Gasteiger partial charge is 0.489 e. The summed E-state index contributed by atoms with van der Waals surface area (Å²) < 4.78 is 5.56. The zero-order valence-electron chi connectivity index (χ0n) is 11.1. The number of benzene rings is 1. The molecule has 0 bridgehead atoms. The Bertz CT molecular complexity index is 602. The summed E-state index contributed by atoms with van der Waals surface area (Å²) in [7, 11) is 0. The molecule has 0 amide bonds. The Morgan fingerprint density at radius 3 is 2.95 bits per heavy atom. The molecule has 0 aliphatic carbocycles. The van der Waals surface area contributed by atoms with E-state index in [1.807, 2.05) is 19.1 Å². The summed E-state index contributed by atoms with van der Waals surface area (Å²) >= 11 is 0. The van der Waals surface area contributed by atoms with Crippen LogP contribution in [0.2, 0.25) is 0 Å². The van der Waals surface area contributed by atoms with E-state index in [4.69, 9.17) is 4.74 Å². The Morgan fingerprint density at radius 1 is 1.35 bits per heavy atom. The molecule has 1 aromatic carbocycles. The van der Waals surface area contributed by atoms with Crippen LogP contribution >= 0.6 is 0 Å². The van der Waals surface area contributed by atoms with Gasteiger partial charge in [0, 0.05) is 18.8 Å². The fraction of sp³-hybridized carbons (Fsp3) is 0.214. The average Bonchev–Trinajstić information content (AvgIpc) is 2.46. The van der Waals surface area contributed by atoms with Crippen molar-refractivity contribution in [3.05, 3.63) is 58.3 Å². The molecule has 6 nitrogen and oxygen atoms in total. The number of ether oxygens (including phenoxy) is 1. The number of nitro groups is 1. The van der Waals surface area contributed by atoms with E-state index in [1.165, 1.54) is 12.1 Å². The van der Waals surface area contributed by atoms with Gasteiger partial charge < -0.3 is 10.1 Å². The molecule has 20 heavy (non-hydrogen) atoms. The van der Waals surface area contributed by atoms with Crippen LogP contribution in [0, 0.1) is 10.1 Å². The van der Waals surface area contributed by atoms with Gasteiger partial charge >= 0.3 is 0 Å². The summed E-state index contributed by atoms with van der Waals surface area (Å²) in [6.45, 7) is 3.12. The van der Waals surface area contributed by atoms with E-state index in [9.17, 15) is 10.1 Å². The molecule has 0 aliphatic heterocycles. The first-order valence-electron chi connectivity index (χ1n) is 6.25. The number of nitrogens with one attached hydrogen (secondary N) is 1. The predicted octanol–water partition coefficient (Wildman–Crippen LogP) is 3.00. The average molecular weight is 273 g/mol. The summed E-state index contributed by atoms with van der Waals surface area (Å²) in [6, 6.07) is 9.87. The fourth-order valence-corrected chi connectivity index (χ4v) is 1.70. The van der Waals surface area contributed by atoms with Crippen molar-refractivity contribution in [1.29, 1.82) is 0 Å². The summed E-state index contributed by atoms with van der Waals surface area (Å²) in [6.07, 6.45) is 1.70. The SMILES string of the molecule is CCNc1cc(COc2cccc([N+](=O)[O-])c2)ccn1. The van der Waals surface area contributed by atoms with Crippen LogP contribution in [-0.4, -0.2) is 16.5 Å². The quantitative estimate of drug-likeness (QED) is 0.646. The second kappa shape index (κ2) is 6.51. The van der Waals surface area contributed by atoms with Crippen LogP contribution in [0.3, 0.4) is 0 Å². The zero-order chi connectivity index (χ0) is 14.4. The zero-order valence-corrected chi connectivity index (χ0v) is 11.1. The summed E-state index contributed by atoms with van der Waals surface area (Å²) in [5.41, 5.74) is 0.966. The van der Waals surface area contributed by atoms with E-state index in [-0.39, 0.29) is 5.69 Å². The molecule has 0 spiro atoms. The maximum Gasteiger partial charge on any atom is 0.273 e. The molecule has 1 heterocycles. The van der Waals surface area contributed by atoms with Crippen molar-refractivity contribution in [1.82, 2.24) is 4.98 Å². The van der Waals surface area contributed by atoms with Gasteiger partial charge in [0.1, 0.15) is 18.2 Å². The van der Waals surface area contributed by atoms with Gasteiger partial charge in [-0.3, -0.25) is 10.1 Å². The van der Waals surface area contributed by atoms with E-state index in [0.29, 0.717) is 12.4 Å². The molecule has 0 fully saturated rings. The molecule has 1 aromatic heterocycles. The molecule has 0 saturated heterocycles. The Hall–Kier alpha value is -2.63. The van der Waals surface area contributed by atoms with Crippen LogP contribution in [0.1, 0.15) is 12.5 Å². The van der Waals surface area contributed by atoms with Crippen LogP contribution in [0.5, 0.6) is 5.75 Å². The number of non-ortho nitro benzene ring substituents is 1. The molecule has 0 unspecified atom stereocenters. The third-order valence-electron chi connectivity index (χ3n) is 2.62. The number of rotatable bonds is 6. The lowest BCUT2D eigenvalue weighted by atomic mass is 10.2. The highest BCUT2D eigenvalue weighted by molar-refractivity contribution is 5.39. The first-order valence-corrected chi connectivity index (χ1v) is 6.25. The molecule has 0 radical (unpaired) electrons. The standard InChI is InChI=1S/C14H15N3O3/c1-2-15-14-8-11(6-7-16-14)10-20-13-5-3-4-12(9-13)17(18)19/h3-9H,2,10H2,1H3,(H,15,16). The number of hydrogen-bond acceptors (Lipinski definition) is 5. The van der Waals surface area contributed by atoms with E-state index >= 15 is 0 Å². The highest BCUT2D eigenvalue weighted by Gasteiger charge is 2.06. The van der Waals surface area contributed by atoms with Crippen molar-refractivity contribution >= 4 is 11.5 Å². The van der Waals surface area contributed by atoms with Crippen molar-refractivity contribution in [3.63, 3.8) is 0 Å². The first-order chi connectivity index (χ1) is 9.69. The molecule has 104 valence electrons. The Balaban J connectivity index is 2.03. The van der Waals surface area contributed by atoms with Crippen molar-refractivity contribution in [2.24, 2.45) is 0 Å². The normalized spacial score (nSPS) is 10.1.